The van der Waals surface area contributed by atoms with Gasteiger partial charge in [-0.2, -0.15) is 5.10 Å². The van der Waals surface area contributed by atoms with E-state index in [1.165, 1.54) is 6.33 Å². The quantitative estimate of drug-likeness (QED) is 0.730. The Morgan fingerprint density at radius 2 is 2.25 bits per heavy atom. The summed E-state index contributed by atoms with van der Waals surface area (Å²) in [4.78, 5) is 15.1. The molecule has 0 bridgehead atoms. The number of nitrogen functional groups attached to an aromatic ring is 1. The zero-order chi connectivity index (χ0) is 17.1. The van der Waals surface area contributed by atoms with Gasteiger partial charge in [-0.15, -0.1) is 11.3 Å². The number of nitrogens with two attached hydrogens (primary N) is 1. The Kier molecular flexibility index (Phi) is 4.72. The standard InChI is InChI=1S/C15H19N7OS/c1-10(23-3)15-20-11(8-24-15)7-21(2)13-12(16)14(18-9-17-13)22-6-4-5-19-22/h4-6,8-10H,7,16H2,1-3H3/t10-/m1/s1. The minimum atomic E-state index is -0.00964. The molecule has 0 saturated heterocycles. The van der Waals surface area contributed by atoms with Crippen LogP contribution < -0.4 is 10.6 Å². The molecular formula is C15H19N7OS. The second-order valence-electron chi connectivity index (χ2n) is 5.30. The molecule has 1 atom stereocenters. The Balaban J connectivity index is 1.81. The fourth-order valence-electron chi connectivity index (χ4n) is 2.26. The summed E-state index contributed by atoms with van der Waals surface area (Å²) in [6.07, 6.45) is 4.95. The van der Waals surface area contributed by atoms with E-state index in [1.54, 1.807) is 35.5 Å². The summed E-state index contributed by atoms with van der Waals surface area (Å²) in [5, 5.41) is 7.14. The number of hydrogen-bond acceptors (Lipinski definition) is 8. The molecular weight excluding hydrogens is 326 g/mol. The molecule has 0 aliphatic heterocycles. The third-order valence-corrected chi connectivity index (χ3v) is 4.65. The molecule has 9 heteroatoms. The maximum absolute atomic E-state index is 6.24. The van der Waals surface area contributed by atoms with Gasteiger partial charge in [0.25, 0.3) is 0 Å². The molecule has 3 aromatic rings. The molecule has 0 aromatic carbocycles. The highest BCUT2D eigenvalue weighted by Crippen LogP contribution is 2.26. The Morgan fingerprint density at radius 1 is 1.42 bits per heavy atom. The van der Waals surface area contributed by atoms with Gasteiger partial charge in [0.05, 0.1) is 12.2 Å². The van der Waals surface area contributed by atoms with Crippen LogP contribution in [-0.2, 0) is 11.3 Å². The van der Waals surface area contributed by atoms with Crippen molar-refractivity contribution in [2.45, 2.75) is 19.6 Å². The number of nitrogens with zero attached hydrogens (tertiary/aromatic N) is 6. The molecule has 3 heterocycles. The molecule has 0 amide bonds. The summed E-state index contributed by atoms with van der Waals surface area (Å²) < 4.78 is 6.92. The van der Waals surface area contributed by atoms with E-state index in [9.17, 15) is 0 Å². The number of methoxy groups -OCH3 is 1. The lowest BCUT2D eigenvalue weighted by Crippen LogP contribution is -2.21. The summed E-state index contributed by atoms with van der Waals surface area (Å²) in [6, 6.07) is 1.82. The van der Waals surface area contributed by atoms with E-state index < -0.39 is 0 Å². The first kappa shape index (κ1) is 16.3. The van der Waals surface area contributed by atoms with Crippen LogP contribution in [0, 0.1) is 0 Å². The summed E-state index contributed by atoms with van der Waals surface area (Å²) >= 11 is 1.58. The first-order chi connectivity index (χ1) is 11.6. The predicted octanol–water partition coefficient (Wildman–Crippen LogP) is 2.04. The monoisotopic (exact) mass is 345 g/mol. The Morgan fingerprint density at radius 3 is 2.96 bits per heavy atom. The molecule has 0 fully saturated rings. The lowest BCUT2D eigenvalue weighted by atomic mass is 10.3. The number of rotatable bonds is 6. The zero-order valence-electron chi connectivity index (χ0n) is 13.7. The predicted molar refractivity (Wildman–Crippen MR) is 93.2 cm³/mol. The van der Waals surface area contributed by atoms with Gasteiger partial charge in [0, 0.05) is 31.9 Å². The minimum absolute atomic E-state index is 0.00964. The Hall–Kier alpha value is -2.52. The fraction of sp³-hybridized carbons (Fsp3) is 0.333. The van der Waals surface area contributed by atoms with Crippen molar-refractivity contribution in [3.63, 3.8) is 0 Å². The molecule has 126 valence electrons. The van der Waals surface area contributed by atoms with Crippen molar-refractivity contribution in [2.75, 3.05) is 24.8 Å². The van der Waals surface area contributed by atoms with Crippen LogP contribution in [0.3, 0.4) is 0 Å². The van der Waals surface area contributed by atoms with Crippen LogP contribution in [0.1, 0.15) is 23.7 Å². The van der Waals surface area contributed by atoms with E-state index in [4.69, 9.17) is 10.5 Å². The fourth-order valence-corrected chi connectivity index (χ4v) is 3.10. The third-order valence-electron chi connectivity index (χ3n) is 3.59. The molecule has 8 nitrogen and oxygen atoms in total. The second-order valence-corrected chi connectivity index (χ2v) is 6.19. The maximum Gasteiger partial charge on any atom is 0.181 e. The first-order valence-corrected chi connectivity index (χ1v) is 8.26. The van der Waals surface area contributed by atoms with Crippen LogP contribution in [0.25, 0.3) is 5.82 Å². The van der Waals surface area contributed by atoms with E-state index in [-0.39, 0.29) is 6.10 Å². The van der Waals surface area contributed by atoms with Gasteiger partial charge in [0.1, 0.15) is 23.1 Å². The van der Waals surface area contributed by atoms with E-state index in [1.807, 2.05) is 30.3 Å². The van der Waals surface area contributed by atoms with Crippen LogP contribution in [0.5, 0.6) is 0 Å². The van der Waals surface area contributed by atoms with Gasteiger partial charge in [-0.1, -0.05) is 0 Å². The van der Waals surface area contributed by atoms with E-state index >= 15 is 0 Å². The Labute approximate surface area is 143 Å². The Bertz CT molecular complexity index is 802. The smallest absolute Gasteiger partial charge is 0.181 e. The van der Waals surface area contributed by atoms with Gasteiger partial charge in [-0.25, -0.2) is 19.6 Å². The molecule has 0 spiro atoms. The van der Waals surface area contributed by atoms with E-state index in [2.05, 4.69) is 20.1 Å². The van der Waals surface area contributed by atoms with Crippen LogP contribution in [0.2, 0.25) is 0 Å². The average Bonchev–Trinajstić information content (AvgIpc) is 3.26. The lowest BCUT2D eigenvalue weighted by molar-refractivity contribution is 0.119. The molecule has 24 heavy (non-hydrogen) atoms. The van der Waals surface area contributed by atoms with Gasteiger partial charge in [-0.05, 0) is 13.0 Å². The van der Waals surface area contributed by atoms with Crippen molar-refractivity contribution >= 4 is 22.8 Å². The summed E-state index contributed by atoms with van der Waals surface area (Å²) in [5.41, 5.74) is 7.66. The van der Waals surface area contributed by atoms with Crippen LogP contribution in [-0.4, -0.2) is 38.9 Å². The SMILES string of the molecule is CO[C@H](C)c1nc(CN(C)c2ncnc(-n3cccn3)c2N)cs1. The third kappa shape index (κ3) is 3.22. The van der Waals surface area contributed by atoms with Gasteiger partial charge in [-0.3, -0.25) is 0 Å². The van der Waals surface area contributed by atoms with Crippen molar-refractivity contribution in [1.82, 2.24) is 24.7 Å². The molecule has 0 radical (unpaired) electrons. The highest BCUT2D eigenvalue weighted by atomic mass is 32.1. The van der Waals surface area contributed by atoms with Crippen molar-refractivity contribution in [3.05, 3.63) is 40.9 Å². The molecule has 3 aromatic heterocycles. The molecule has 0 saturated carbocycles. The number of aromatic nitrogens is 5. The molecule has 0 aliphatic carbocycles. The van der Waals surface area contributed by atoms with Crippen molar-refractivity contribution < 1.29 is 4.74 Å². The zero-order valence-corrected chi connectivity index (χ0v) is 14.6. The topological polar surface area (TPSA) is 95.0 Å². The number of anilines is 2. The van der Waals surface area contributed by atoms with Crippen LogP contribution >= 0.6 is 11.3 Å². The first-order valence-electron chi connectivity index (χ1n) is 7.39. The highest BCUT2D eigenvalue weighted by molar-refractivity contribution is 7.09. The van der Waals surface area contributed by atoms with Gasteiger partial charge in [0.2, 0.25) is 0 Å². The van der Waals surface area contributed by atoms with Crippen molar-refractivity contribution in [1.29, 1.82) is 0 Å². The number of thiazole rings is 1. The molecule has 0 unspecified atom stereocenters. The number of ether oxygens (including phenoxy) is 1. The summed E-state index contributed by atoms with van der Waals surface area (Å²) in [5.74, 6) is 1.20. The molecule has 3 rings (SSSR count). The summed E-state index contributed by atoms with van der Waals surface area (Å²) in [7, 11) is 3.60. The van der Waals surface area contributed by atoms with Gasteiger partial charge < -0.3 is 15.4 Å². The minimum Gasteiger partial charge on any atom is -0.393 e. The molecule has 2 N–H and O–H groups in total. The van der Waals surface area contributed by atoms with E-state index in [0.29, 0.717) is 23.9 Å². The normalized spacial score (nSPS) is 12.3. The molecule has 0 aliphatic rings. The van der Waals surface area contributed by atoms with Gasteiger partial charge in [0.15, 0.2) is 11.6 Å². The number of hydrogen-bond donors (Lipinski definition) is 1. The average molecular weight is 345 g/mol. The summed E-state index contributed by atoms with van der Waals surface area (Å²) in [6.45, 7) is 2.57. The maximum atomic E-state index is 6.24. The van der Waals surface area contributed by atoms with E-state index in [0.717, 1.165) is 10.7 Å². The van der Waals surface area contributed by atoms with Crippen molar-refractivity contribution in [3.8, 4) is 5.82 Å². The van der Waals surface area contributed by atoms with Crippen molar-refractivity contribution in [2.24, 2.45) is 0 Å². The van der Waals surface area contributed by atoms with Crippen LogP contribution in [0.4, 0.5) is 11.5 Å². The highest BCUT2D eigenvalue weighted by Gasteiger charge is 2.16. The lowest BCUT2D eigenvalue weighted by Gasteiger charge is -2.19. The van der Waals surface area contributed by atoms with Crippen LogP contribution in [0.15, 0.2) is 30.2 Å². The largest absolute Gasteiger partial charge is 0.393 e. The van der Waals surface area contributed by atoms with Gasteiger partial charge >= 0.3 is 0 Å². The second kappa shape index (κ2) is 6.93.